The molecule has 1 aliphatic heterocycles. The maximum absolute atomic E-state index is 12.8. The Hall–Kier alpha value is -3.26. The standard InChI is InChI=1S/C20H33N5O9/c21-8-2-1-4-13(20(33)34)24-19(32)14(10-16(28)29)25-18(31)12(6-7-15(26)27)23-17(30)11-5-3-9-22-11/h11-14,22H,1-10,21H2,(H,23,30)(H,24,32)(H,25,31)(H,26,27)(H,28,29)(H,33,34). The smallest absolute Gasteiger partial charge is 0.326 e. The highest BCUT2D eigenvalue weighted by Crippen LogP contribution is 2.08. The summed E-state index contributed by atoms with van der Waals surface area (Å²) in [6, 6.07) is -4.85. The molecule has 0 radical (unpaired) electrons. The Bertz CT molecular complexity index is 755. The molecule has 0 aromatic carbocycles. The molecule has 1 rings (SSSR count). The Morgan fingerprint density at radius 1 is 0.853 bits per heavy atom. The van der Waals surface area contributed by atoms with Crippen molar-refractivity contribution in [3.63, 3.8) is 0 Å². The van der Waals surface area contributed by atoms with Gasteiger partial charge in [0.05, 0.1) is 12.5 Å². The van der Waals surface area contributed by atoms with Gasteiger partial charge in [0, 0.05) is 6.42 Å². The third-order valence-corrected chi connectivity index (χ3v) is 5.23. The summed E-state index contributed by atoms with van der Waals surface area (Å²) in [4.78, 5) is 71.5. The van der Waals surface area contributed by atoms with Crippen molar-refractivity contribution in [2.45, 2.75) is 75.5 Å². The molecule has 192 valence electrons. The molecule has 1 heterocycles. The molecule has 4 unspecified atom stereocenters. The first-order valence-corrected chi connectivity index (χ1v) is 11.1. The average molecular weight is 488 g/mol. The van der Waals surface area contributed by atoms with Gasteiger partial charge in [0.1, 0.15) is 18.1 Å². The topological polar surface area (TPSA) is 237 Å². The van der Waals surface area contributed by atoms with Crippen LogP contribution in [0.15, 0.2) is 0 Å². The molecular weight excluding hydrogens is 454 g/mol. The van der Waals surface area contributed by atoms with Crippen LogP contribution in [-0.2, 0) is 28.8 Å². The van der Waals surface area contributed by atoms with Gasteiger partial charge in [-0.3, -0.25) is 24.0 Å². The molecule has 0 aromatic heterocycles. The second kappa shape index (κ2) is 14.8. The number of amides is 3. The lowest BCUT2D eigenvalue weighted by Gasteiger charge is -2.24. The predicted molar refractivity (Wildman–Crippen MR) is 116 cm³/mol. The summed E-state index contributed by atoms with van der Waals surface area (Å²) in [7, 11) is 0. The number of nitrogens with two attached hydrogens (primary N) is 1. The minimum absolute atomic E-state index is 0.0533. The lowest BCUT2D eigenvalue weighted by atomic mass is 10.1. The van der Waals surface area contributed by atoms with E-state index in [0.717, 1.165) is 6.42 Å². The van der Waals surface area contributed by atoms with Crippen molar-refractivity contribution < 1.29 is 44.1 Å². The van der Waals surface area contributed by atoms with Crippen LogP contribution in [0, 0.1) is 0 Å². The molecule has 0 bridgehead atoms. The normalized spacial score (nSPS) is 17.7. The van der Waals surface area contributed by atoms with Crippen molar-refractivity contribution in [3.05, 3.63) is 0 Å². The van der Waals surface area contributed by atoms with Gasteiger partial charge in [-0.2, -0.15) is 0 Å². The fraction of sp³-hybridized carbons (Fsp3) is 0.700. The van der Waals surface area contributed by atoms with Crippen molar-refractivity contribution in [1.82, 2.24) is 21.3 Å². The first-order valence-electron chi connectivity index (χ1n) is 11.1. The van der Waals surface area contributed by atoms with Crippen LogP contribution in [0.2, 0.25) is 0 Å². The van der Waals surface area contributed by atoms with Crippen LogP contribution >= 0.6 is 0 Å². The molecular formula is C20H33N5O9. The number of carbonyl (C=O) groups excluding carboxylic acids is 3. The van der Waals surface area contributed by atoms with Gasteiger partial charge in [0.2, 0.25) is 17.7 Å². The lowest BCUT2D eigenvalue weighted by molar-refractivity contribution is -0.143. The lowest BCUT2D eigenvalue weighted by Crippen LogP contribution is -2.57. The summed E-state index contributed by atoms with van der Waals surface area (Å²) in [6.07, 6.45) is 0.656. The molecule has 0 saturated carbocycles. The number of carboxylic acid groups (broad SMARTS) is 3. The summed E-state index contributed by atoms with van der Waals surface area (Å²) < 4.78 is 0. The van der Waals surface area contributed by atoms with Crippen LogP contribution in [-0.4, -0.2) is 88.2 Å². The third-order valence-electron chi connectivity index (χ3n) is 5.23. The highest BCUT2D eigenvalue weighted by molar-refractivity contribution is 5.95. The molecule has 4 atom stereocenters. The number of aliphatic carboxylic acids is 3. The van der Waals surface area contributed by atoms with Crippen molar-refractivity contribution in [3.8, 4) is 0 Å². The summed E-state index contributed by atoms with van der Waals surface area (Å²) in [5.41, 5.74) is 5.38. The van der Waals surface area contributed by atoms with Crippen molar-refractivity contribution in [1.29, 1.82) is 0 Å². The number of nitrogens with one attached hydrogen (secondary N) is 4. The Labute approximate surface area is 196 Å². The minimum Gasteiger partial charge on any atom is -0.481 e. The molecule has 14 heteroatoms. The zero-order valence-corrected chi connectivity index (χ0v) is 18.7. The van der Waals surface area contributed by atoms with Gasteiger partial charge in [0.25, 0.3) is 0 Å². The molecule has 9 N–H and O–H groups in total. The first kappa shape index (κ1) is 28.8. The van der Waals surface area contributed by atoms with E-state index in [9.17, 15) is 33.9 Å². The highest BCUT2D eigenvalue weighted by atomic mass is 16.4. The SMILES string of the molecule is NCCCCC(NC(=O)C(CC(=O)O)NC(=O)C(CCC(=O)O)NC(=O)C1CCCN1)C(=O)O. The van der Waals surface area contributed by atoms with Gasteiger partial charge in [-0.1, -0.05) is 0 Å². The molecule has 0 aromatic rings. The zero-order valence-electron chi connectivity index (χ0n) is 18.7. The highest BCUT2D eigenvalue weighted by Gasteiger charge is 2.32. The summed E-state index contributed by atoms with van der Waals surface area (Å²) in [6.45, 7) is 0.943. The monoisotopic (exact) mass is 487 g/mol. The summed E-state index contributed by atoms with van der Waals surface area (Å²) >= 11 is 0. The van der Waals surface area contributed by atoms with Gasteiger partial charge in [-0.25, -0.2) is 4.79 Å². The molecule has 1 saturated heterocycles. The Morgan fingerprint density at radius 2 is 1.50 bits per heavy atom. The molecule has 34 heavy (non-hydrogen) atoms. The maximum Gasteiger partial charge on any atom is 0.326 e. The zero-order chi connectivity index (χ0) is 25.7. The Kier molecular flexibility index (Phi) is 12.5. The van der Waals surface area contributed by atoms with Crippen molar-refractivity contribution >= 4 is 35.6 Å². The van der Waals surface area contributed by atoms with E-state index in [0.29, 0.717) is 32.4 Å². The van der Waals surface area contributed by atoms with E-state index in [1.807, 2.05) is 0 Å². The molecule has 0 aliphatic carbocycles. The van der Waals surface area contributed by atoms with Gasteiger partial charge >= 0.3 is 17.9 Å². The van der Waals surface area contributed by atoms with E-state index in [2.05, 4.69) is 21.3 Å². The van der Waals surface area contributed by atoms with E-state index in [1.165, 1.54) is 0 Å². The van der Waals surface area contributed by atoms with Gasteiger partial charge < -0.3 is 42.3 Å². The van der Waals surface area contributed by atoms with E-state index in [1.54, 1.807) is 0 Å². The number of carboxylic acids is 3. The second-order valence-electron chi connectivity index (χ2n) is 7.99. The Morgan fingerprint density at radius 3 is 2.03 bits per heavy atom. The molecule has 14 nitrogen and oxygen atoms in total. The number of unbranched alkanes of at least 4 members (excludes halogenated alkanes) is 1. The van der Waals surface area contributed by atoms with Crippen molar-refractivity contribution in [2.24, 2.45) is 5.73 Å². The maximum atomic E-state index is 12.8. The van der Waals surface area contributed by atoms with Gasteiger partial charge in [0.15, 0.2) is 0 Å². The average Bonchev–Trinajstić information content (AvgIpc) is 3.29. The molecule has 0 spiro atoms. The van der Waals surface area contributed by atoms with Crippen LogP contribution in [0.25, 0.3) is 0 Å². The second-order valence-corrected chi connectivity index (χ2v) is 7.99. The van der Waals surface area contributed by atoms with Crippen LogP contribution in [0.1, 0.15) is 51.4 Å². The van der Waals surface area contributed by atoms with E-state index in [-0.39, 0.29) is 12.8 Å². The third kappa shape index (κ3) is 10.6. The molecule has 1 aliphatic rings. The van der Waals surface area contributed by atoms with Crippen molar-refractivity contribution in [2.75, 3.05) is 13.1 Å². The van der Waals surface area contributed by atoms with Gasteiger partial charge in [-0.15, -0.1) is 0 Å². The van der Waals surface area contributed by atoms with Crippen LogP contribution in [0.3, 0.4) is 0 Å². The summed E-state index contributed by atoms with van der Waals surface area (Å²) in [5.74, 6) is -6.49. The quantitative estimate of drug-likeness (QED) is 0.108. The number of hydrogen-bond donors (Lipinski definition) is 8. The van der Waals surface area contributed by atoms with E-state index in [4.69, 9.17) is 15.9 Å². The molecule has 1 fully saturated rings. The van der Waals surface area contributed by atoms with Crippen LogP contribution < -0.4 is 27.0 Å². The number of hydrogen-bond acceptors (Lipinski definition) is 8. The number of rotatable bonds is 16. The van der Waals surface area contributed by atoms with Gasteiger partial charge in [-0.05, 0) is 51.6 Å². The van der Waals surface area contributed by atoms with E-state index < -0.39 is 72.6 Å². The minimum atomic E-state index is -1.64. The van der Waals surface area contributed by atoms with Crippen LogP contribution in [0.4, 0.5) is 0 Å². The van der Waals surface area contributed by atoms with Crippen LogP contribution in [0.5, 0.6) is 0 Å². The fourth-order valence-corrected chi connectivity index (χ4v) is 3.40. The fourth-order valence-electron chi connectivity index (χ4n) is 3.40. The first-order chi connectivity index (χ1) is 16.0. The number of carbonyl (C=O) groups is 6. The summed E-state index contributed by atoms with van der Waals surface area (Å²) in [5, 5.41) is 37.2. The Balaban J connectivity index is 2.91. The molecule has 3 amide bonds. The largest absolute Gasteiger partial charge is 0.481 e. The predicted octanol–water partition coefficient (Wildman–Crippen LogP) is -2.25. The van der Waals surface area contributed by atoms with E-state index >= 15 is 0 Å².